The minimum atomic E-state index is 0.0698. The van der Waals surface area contributed by atoms with E-state index >= 15 is 0 Å². The van der Waals surface area contributed by atoms with Crippen LogP contribution in [0.4, 0.5) is 0 Å². The van der Waals surface area contributed by atoms with Crippen molar-refractivity contribution < 1.29 is 9.21 Å². The zero-order valence-corrected chi connectivity index (χ0v) is 8.78. The lowest BCUT2D eigenvalue weighted by molar-refractivity contribution is -0.127. The molecule has 4 nitrogen and oxygen atoms in total. The van der Waals surface area contributed by atoms with Crippen LogP contribution in [0.2, 0.25) is 0 Å². The smallest absolute Gasteiger partial charge is 0.236 e. The van der Waals surface area contributed by atoms with Crippen LogP contribution >= 0.6 is 0 Å². The molecule has 0 aliphatic carbocycles. The van der Waals surface area contributed by atoms with Gasteiger partial charge in [-0.25, -0.2) is 0 Å². The first-order chi connectivity index (χ1) is 6.61. The van der Waals surface area contributed by atoms with Gasteiger partial charge in [0.05, 0.1) is 19.1 Å². The third-order valence-electron chi connectivity index (χ3n) is 2.10. The van der Waals surface area contributed by atoms with Crippen LogP contribution in [0.15, 0.2) is 23.0 Å². The molecule has 0 aliphatic heterocycles. The average molecular weight is 196 g/mol. The Balaban J connectivity index is 2.36. The Morgan fingerprint density at radius 3 is 2.86 bits per heavy atom. The van der Waals surface area contributed by atoms with Crippen LogP contribution in [-0.2, 0) is 4.79 Å². The Hall–Kier alpha value is -1.29. The number of hydrogen-bond acceptors (Lipinski definition) is 3. The van der Waals surface area contributed by atoms with E-state index in [0.29, 0.717) is 6.54 Å². The normalized spacial score (nSPS) is 12.5. The van der Waals surface area contributed by atoms with Crippen molar-refractivity contribution >= 4 is 5.91 Å². The monoisotopic (exact) mass is 196 g/mol. The van der Waals surface area contributed by atoms with Crippen LogP contribution < -0.4 is 5.32 Å². The Morgan fingerprint density at radius 2 is 2.36 bits per heavy atom. The molecule has 1 atom stereocenters. The number of nitrogens with zero attached hydrogens (tertiary/aromatic N) is 1. The molecule has 0 aliphatic rings. The highest BCUT2D eigenvalue weighted by atomic mass is 16.3. The number of hydrogen-bond donors (Lipinski definition) is 1. The first-order valence-electron chi connectivity index (χ1n) is 4.57. The quantitative estimate of drug-likeness (QED) is 0.782. The molecule has 78 valence electrons. The fourth-order valence-corrected chi connectivity index (χ4v) is 1.04. The van der Waals surface area contributed by atoms with Gasteiger partial charge >= 0.3 is 0 Å². The van der Waals surface area contributed by atoms with Gasteiger partial charge in [-0.2, -0.15) is 0 Å². The molecule has 0 fully saturated rings. The largest absolute Gasteiger partial charge is 0.472 e. The van der Waals surface area contributed by atoms with E-state index in [2.05, 4.69) is 5.32 Å². The Bertz CT molecular complexity index is 280. The third kappa shape index (κ3) is 2.88. The van der Waals surface area contributed by atoms with E-state index in [9.17, 15) is 4.79 Å². The van der Waals surface area contributed by atoms with Crippen molar-refractivity contribution in [1.29, 1.82) is 0 Å². The van der Waals surface area contributed by atoms with Gasteiger partial charge in [-0.1, -0.05) is 0 Å². The number of nitrogens with one attached hydrogen (secondary N) is 1. The van der Waals surface area contributed by atoms with Crippen molar-refractivity contribution in [2.45, 2.75) is 13.0 Å². The van der Waals surface area contributed by atoms with Gasteiger partial charge in [-0.05, 0) is 13.0 Å². The molecular formula is C10H16N2O2. The van der Waals surface area contributed by atoms with Crippen LogP contribution in [0.3, 0.4) is 0 Å². The second-order valence-corrected chi connectivity index (χ2v) is 3.45. The standard InChI is InChI=1S/C10H16N2O2/c1-8(9-4-5-14-7-9)11-6-10(13)12(2)3/h4-5,7-8,11H,6H2,1-3H3. The summed E-state index contributed by atoms with van der Waals surface area (Å²) in [7, 11) is 3.49. The maximum atomic E-state index is 11.3. The highest BCUT2D eigenvalue weighted by molar-refractivity contribution is 5.77. The van der Waals surface area contributed by atoms with E-state index in [-0.39, 0.29) is 11.9 Å². The highest BCUT2D eigenvalue weighted by Gasteiger charge is 2.09. The van der Waals surface area contributed by atoms with E-state index in [4.69, 9.17) is 4.42 Å². The van der Waals surface area contributed by atoms with Gasteiger partial charge in [0.15, 0.2) is 0 Å². The lowest BCUT2D eigenvalue weighted by Crippen LogP contribution is -2.34. The minimum absolute atomic E-state index is 0.0698. The molecular weight excluding hydrogens is 180 g/mol. The van der Waals surface area contributed by atoms with Crippen molar-refractivity contribution in [3.63, 3.8) is 0 Å². The van der Waals surface area contributed by atoms with Crippen LogP contribution in [0.1, 0.15) is 18.5 Å². The molecule has 0 bridgehead atoms. The molecule has 1 aromatic heterocycles. The second kappa shape index (κ2) is 4.81. The molecule has 0 saturated heterocycles. The number of carbonyl (C=O) groups excluding carboxylic acids is 1. The minimum Gasteiger partial charge on any atom is -0.472 e. The van der Waals surface area contributed by atoms with Crippen LogP contribution in [0.5, 0.6) is 0 Å². The lowest BCUT2D eigenvalue weighted by Gasteiger charge is -2.14. The predicted molar refractivity (Wildman–Crippen MR) is 53.8 cm³/mol. The van der Waals surface area contributed by atoms with E-state index in [0.717, 1.165) is 5.56 Å². The molecule has 1 rings (SSSR count). The molecule has 4 heteroatoms. The summed E-state index contributed by atoms with van der Waals surface area (Å²) in [5.74, 6) is 0.0698. The molecule has 1 amide bonds. The van der Waals surface area contributed by atoms with E-state index in [1.165, 1.54) is 0 Å². The molecule has 1 unspecified atom stereocenters. The van der Waals surface area contributed by atoms with Crippen molar-refractivity contribution in [1.82, 2.24) is 10.2 Å². The maximum Gasteiger partial charge on any atom is 0.236 e. The summed E-state index contributed by atoms with van der Waals surface area (Å²) < 4.78 is 4.95. The molecule has 0 aromatic carbocycles. The first kappa shape index (κ1) is 10.8. The van der Waals surface area contributed by atoms with Gasteiger partial charge in [-0.15, -0.1) is 0 Å². The van der Waals surface area contributed by atoms with Gasteiger partial charge in [0, 0.05) is 25.7 Å². The van der Waals surface area contributed by atoms with Gasteiger partial charge in [0.1, 0.15) is 0 Å². The predicted octanol–water partition coefficient (Wildman–Crippen LogP) is 1.02. The van der Waals surface area contributed by atoms with Gasteiger partial charge in [0.2, 0.25) is 5.91 Å². The van der Waals surface area contributed by atoms with Crippen molar-refractivity contribution in [2.75, 3.05) is 20.6 Å². The van der Waals surface area contributed by atoms with Crippen molar-refractivity contribution in [2.24, 2.45) is 0 Å². The summed E-state index contributed by atoms with van der Waals surface area (Å²) >= 11 is 0. The third-order valence-corrected chi connectivity index (χ3v) is 2.10. The summed E-state index contributed by atoms with van der Waals surface area (Å²) in [6, 6.07) is 2.02. The lowest BCUT2D eigenvalue weighted by atomic mass is 10.2. The summed E-state index contributed by atoms with van der Waals surface area (Å²) in [5.41, 5.74) is 1.05. The van der Waals surface area contributed by atoms with Crippen LogP contribution in [0, 0.1) is 0 Å². The van der Waals surface area contributed by atoms with E-state index < -0.39 is 0 Å². The van der Waals surface area contributed by atoms with Crippen molar-refractivity contribution in [3.05, 3.63) is 24.2 Å². The number of carbonyl (C=O) groups is 1. The highest BCUT2D eigenvalue weighted by Crippen LogP contribution is 2.11. The van der Waals surface area contributed by atoms with Crippen LogP contribution in [-0.4, -0.2) is 31.4 Å². The second-order valence-electron chi connectivity index (χ2n) is 3.45. The summed E-state index contributed by atoms with van der Waals surface area (Å²) in [5, 5.41) is 3.11. The molecule has 0 spiro atoms. The fourth-order valence-electron chi connectivity index (χ4n) is 1.04. The van der Waals surface area contributed by atoms with E-state index in [1.54, 1.807) is 31.5 Å². The summed E-state index contributed by atoms with van der Waals surface area (Å²) in [6.07, 6.45) is 3.30. The molecule has 14 heavy (non-hydrogen) atoms. The number of amides is 1. The number of likely N-dealkylation sites (N-methyl/N-ethyl adjacent to an activating group) is 1. The maximum absolute atomic E-state index is 11.3. The average Bonchev–Trinajstić information content (AvgIpc) is 2.66. The number of furan rings is 1. The SMILES string of the molecule is CC(NCC(=O)N(C)C)c1ccoc1. The topological polar surface area (TPSA) is 45.5 Å². The fraction of sp³-hybridized carbons (Fsp3) is 0.500. The van der Waals surface area contributed by atoms with Gasteiger partial charge in [-0.3, -0.25) is 4.79 Å². The first-order valence-corrected chi connectivity index (χ1v) is 4.57. The summed E-state index contributed by atoms with van der Waals surface area (Å²) in [6.45, 7) is 2.34. The molecule has 1 aromatic rings. The zero-order valence-electron chi connectivity index (χ0n) is 8.78. The molecule has 0 saturated carbocycles. The number of rotatable bonds is 4. The van der Waals surface area contributed by atoms with Crippen molar-refractivity contribution in [3.8, 4) is 0 Å². The van der Waals surface area contributed by atoms with Gasteiger partial charge in [0.25, 0.3) is 0 Å². The molecule has 1 N–H and O–H groups in total. The zero-order chi connectivity index (χ0) is 10.6. The molecule has 0 radical (unpaired) electrons. The van der Waals surface area contributed by atoms with Crippen LogP contribution in [0.25, 0.3) is 0 Å². The summed E-state index contributed by atoms with van der Waals surface area (Å²) in [4.78, 5) is 12.8. The Morgan fingerprint density at radius 1 is 1.64 bits per heavy atom. The Labute approximate surface area is 83.9 Å². The molecule has 1 heterocycles. The Kier molecular flexibility index (Phi) is 3.71. The van der Waals surface area contributed by atoms with E-state index in [1.807, 2.05) is 13.0 Å². The van der Waals surface area contributed by atoms with Gasteiger partial charge < -0.3 is 14.6 Å².